The number of hydrogen-bond acceptors (Lipinski definition) is 5. The van der Waals surface area contributed by atoms with Crippen LogP contribution < -0.4 is 66.7 Å². The first-order chi connectivity index (χ1) is 3.46. The van der Waals surface area contributed by atoms with Crippen molar-refractivity contribution in [1.82, 2.24) is 0 Å². The van der Waals surface area contributed by atoms with Crippen molar-refractivity contribution in [3.8, 4) is 0 Å². The molecule has 0 unspecified atom stereocenters. The Morgan fingerprint density at radius 2 is 0.857 bits per heavy atom. The molecule has 0 amide bonds. The van der Waals surface area contributed by atoms with E-state index in [9.17, 15) is 0 Å². The molecule has 0 rings (SSSR count). The zero-order chi connectivity index (χ0) is 7.15. The summed E-state index contributed by atoms with van der Waals surface area (Å²) in [4.78, 5) is 16.8. The smallest absolute Gasteiger partial charge is 0.652 e. The largest absolute Gasteiger partial charge is 2.00 e. The summed E-state index contributed by atoms with van der Waals surface area (Å²) < 4.78 is 0. The summed E-state index contributed by atoms with van der Waals surface area (Å²) in [5.74, 6) is 0. The van der Waals surface area contributed by atoms with Crippen molar-refractivity contribution >= 4 is 35.4 Å². The van der Waals surface area contributed by atoms with E-state index >= 15 is 0 Å². The fourth-order valence-electron chi connectivity index (χ4n) is 0. The normalized spacial score (nSPS) is 3.43. The molecule has 0 spiro atoms. The van der Waals surface area contributed by atoms with Gasteiger partial charge in [0.1, 0.15) is 0 Å². The van der Waals surface area contributed by atoms with Crippen LogP contribution in [0.4, 0.5) is 9.59 Å². The first-order valence-corrected chi connectivity index (χ1v) is 1.24. The first kappa shape index (κ1) is 61.0. The molecule has 0 aliphatic carbocycles. The van der Waals surface area contributed by atoms with Gasteiger partial charge in [-0.05, 0) is 6.16 Å². The van der Waals surface area contributed by atoms with E-state index in [0.29, 0.717) is 0 Å². The fourth-order valence-corrected chi connectivity index (χ4v) is 0. The summed E-state index contributed by atoms with van der Waals surface area (Å²) in [6.07, 6.45) is -4.42. The van der Waals surface area contributed by atoms with Gasteiger partial charge in [-0.2, -0.15) is 0 Å². The second-order valence-electron chi connectivity index (χ2n) is 0.516. The van der Waals surface area contributed by atoms with Crippen LogP contribution in [0.1, 0.15) is 0 Å². The van der Waals surface area contributed by atoms with Gasteiger partial charge in [0.25, 0.3) is 0 Å². The molecule has 80 valence electrons. The van der Waals surface area contributed by atoms with Crippen molar-refractivity contribution in [2.24, 2.45) is 0 Å². The van der Waals surface area contributed by atoms with E-state index in [1.54, 1.807) is 0 Å². The van der Waals surface area contributed by atoms with E-state index in [0.717, 1.165) is 0 Å². The van der Waals surface area contributed by atoms with Gasteiger partial charge in [-0.3, -0.25) is 0 Å². The summed E-state index contributed by atoms with van der Waals surface area (Å²) in [6.45, 7) is 0. The maximum absolute atomic E-state index is 8.44. The Morgan fingerprint density at radius 1 is 0.857 bits per heavy atom. The van der Waals surface area contributed by atoms with E-state index < -0.39 is 12.3 Å². The molecule has 0 aliphatic heterocycles. The fraction of sp³-hybridized carbons (Fsp3) is 0. The average Bonchev–Trinajstić information content (AvgIpc) is 1.25. The van der Waals surface area contributed by atoms with Gasteiger partial charge < -0.3 is 51.9 Å². The van der Waals surface area contributed by atoms with E-state index in [2.05, 4.69) is 0 Å². The van der Waals surface area contributed by atoms with Crippen molar-refractivity contribution < 1.29 is 103 Å². The van der Waals surface area contributed by atoms with Crippen LogP contribution in [-0.2, 0) is 0 Å². The Morgan fingerprint density at radius 3 is 0.857 bits per heavy atom. The molecule has 0 aromatic rings. The Kier molecular flexibility index (Phi) is 213. The average molecular weight is 256 g/mol. The number of carbonyl (C=O) groups excluding carboxylic acids is 1. The minimum absolute atomic E-state index is 0. The van der Waals surface area contributed by atoms with Gasteiger partial charge in [0.05, 0.1) is 0 Å². The van der Waals surface area contributed by atoms with Crippen LogP contribution in [-0.4, -0.2) is 62.4 Å². The number of carbonyl (C=O) groups is 2. The number of carboxylic acid groups (broad SMARTS) is 4. The summed E-state index contributed by atoms with van der Waals surface area (Å²) in [7, 11) is 0. The van der Waals surface area contributed by atoms with Crippen LogP contribution in [0, 0.1) is 0 Å². The Bertz CT molecular complexity index is 76.1. The van der Waals surface area contributed by atoms with Crippen molar-refractivity contribution in [3.05, 3.63) is 0 Å². The molecule has 10 nitrogen and oxygen atoms in total. The van der Waals surface area contributed by atoms with Gasteiger partial charge in [-0.15, -0.1) is 0 Å². The number of rotatable bonds is 0. The van der Waals surface area contributed by atoms with Gasteiger partial charge in [0, 0.05) is 0 Å². The molecule has 9 N–H and O–H groups in total. The summed E-state index contributed by atoms with van der Waals surface area (Å²) in [5.41, 5.74) is 0. The standard InChI is InChI=1S/2CH2O3.K.Mg.4H2O/c2*2-1(3)4;;;;;;/h2*(H2,2,3,4);;;4*1H2/q;;+1;+2;;;;/p-3. The molecule has 0 saturated carbocycles. The molecule has 14 heavy (non-hydrogen) atoms. The molecular formula is C2H9KMgO10. The molecule has 0 radical (unpaired) electrons. The Labute approximate surface area is 137 Å². The van der Waals surface area contributed by atoms with E-state index in [-0.39, 0.29) is 96.3 Å². The van der Waals surface area contributed by atoms with E-state index in [1.807, 2.05) is 0 Å². The van der Waals surface area contributed by atoms with Crippen LogP contribution >= 0.6 is 0 Å². The third-order valence-electron chi connectivity index (χ3n) is 0. The summed E-state index contributed by atoms with van der Waals surface area (Å²) >= 11 is 0. The summed E-state index contributed by atoms with van der Waals surface area (Å²) in [5, 5.41) is 32.0. The molecule has 12 heteroatoms. The second-order valence-corrected chi connectivity index (χ2v) is 0.516. The maximum Gasteiger partial charge on any atom is 2.00 e. The quantitative estimate of drug-likeness (QED) is 0.411. The molecule has 0 fully saturated rings. The van der Waals surface area contributed by atoms with Crippen molar-refractivity contribution in [3.63, 3.8) is 0 Å². The number of hydrogen-bond donors (Lipinski definition) is 1. The SMILES string of the molecule is O.O.O.O.O=C([O-])O.O=C([O-])[O-].[K+].[Mg+2]. The van der Waals surface area contributed by atoms with E-state index in [1.165, 1.54) is 0 Å². The third-order valence-corrected chi connectivity index (χ3v) is 0. The zero-order valence-corrected chi connectivity index (χ0v) is 11.7. The van der Waals surface area contributed by atoms with E-state index in [4.69, 9.17) is 30.0 Å². The van der Waals surface area contributed by atoms with Gasteiger partial charge in [0.15, 0.2) is 0 Å². The Balaban J connectivity index is -0.00000000600. The topological polar surface area (TPSA) is 250 Å². The van der Waals surface area contributed by atoms with Gasteiger partial charge in [0.2, 0.25) is 6.16 Å². The van der Waals surface area contributed by atoms with Crippen LogP contribution in [0.2, 0.25) is 0 Å². The molecule has 0 saturated heterocycles. The third kappa shape index (κ3) is 2900. The van der Waals surface area contributed by atoms with Gasteiger partial charge >= 0.3 is 74.4 Å². The molecule has 0 aliphatic rings. The van der Waals surface area contributed by atoms with Crippen molar-refractivity contribution in [2.75, 3.05) is 0 Å². The monoisotopic (exact) mass is 256 g/mol. The van der Waals surface area contributed by atoms with Gasteiger partial charge in [-0.25, -0.2) is 0 Å². The molecule has 0 aromatic heterocycles. The van der Waals surface area contributed by atoms with Crippen LogP contribution in [0.15, 0.2) is 0 Å². The first-order valence-electron chi connectivity index (χ1n) is 1.24. The minimum atomic E-state index is -2.33. The van der Waals surface area contributed by atoms with Gasteiger partial charge in [-0.1, -0.05) is 0 Å². The minimum Gasteiger partial charge on any atom is -0.652 e. The molecule has 0 atom stereocenters. The molecule has 0 heterocycles. The second kappa shape index (κ2) is 49.0. The summed E-state index contributed by atoms with van der Waals surface area (Å²) in [6, 6.07) is 0. The molecular weight excluding hydrogens is 247 g/mol. The van der Waals surface area contributed by atoms with Crippen molar-refractivity contribution in [1.29, 1.82) is 0 Å². The molecule has 0 aromatic carbocycles. The van der Waals surface area contributed by atoms with Crippen molar-refractivity contribution in [2.45, 2.75) is 0 Å². The molecule has 0 bridgehead atoms. The predicted octanol–water partition coefficient (Wildman–Crippen LogP) is -10.2. The predicted molar refractivity (Wildman–Crippen MR) is 33.6 cm³/mol. The maximum atomic E-state index is 8.44. The van der Waals surface area contributed by atoms with Crippen LogP contribution in [0.3, 0.4) is 0 Å². The zero-order valence-electron chi connectivity index (χ0n) is 7.20. The van der Waals surface area contributed by atoms with Crippen LogP contribution in [0.5, 0.6) is 0 Å². The van der Waals surface area contributed by atoms with Crippen LogP contribution in [0.25, 0.3) is 0 Å². The Hall–Kier alpha value is 0.783.